The Morgan fingerprint density at radius 3 is 2.38 bits per heavy atom. The van der Waals surface area contributed by atoms with E-state index < -0.39 is 0 Å². The van der Waals surface area contributed by atoms with Gasteiger partial charge in [0.05, 0.1) is 13.1 Å². The molecule has 0 amide bonds. The predicted octanol–water partition coefficient (Wildman–Crippen LogP) is -0.0578. The van der Waals surface area contributed by atoms with Crippen LogP contribution in [0, 0.1) is 0 Å². The molecule has 0 aliphatic heterocycles. The van der Waals surface area contributed by atoms with E-state index in [-0.39, 0.29) is 12.4 Å². The molecule has 0 bridgehead atoms. The van der Waals surface area contributed by atoms with Crippen LogP contribution in [-0.4, -0.2) is 4.57 Å². The van der Waals surface area contributed by atoms with E-state index in [9.17, 15) is 0 Å². The maximum absolute atomic E-state index is 2.43. The van der Waals surface area contributed by atoms with Crippen LogP contribution in [0.5, 0.6) is 0 Å². The van der Waals surface area contributed by atoms with Gasteiger partial charge in [-0.05, 0) is 19.8 Å². The highest BCUT2D eigenvalue weighted by Gasteiger charge is 2.14. The van der Waals surface area contributed by atoms with Crippen LogP contribution >= 0.6 is 0 Å². The van der Waals surface area contributed by atoms with Crippen LogP contribution in [0.25, 0.3) is 0 Å². The molecule has 0 fully saturated rings. The predicted molar refractivity (Wildman–Crippen MR) is 63.8 cm³/mol. The smallest absolute Gasteiger partial charge is 0.256 e. The Bertz CT molecular complexity index is 281. The van der Waals surface area contributed by atoms with Crippen molar-refractivity contribution in [1.29, 1.82) is 0 Å². The topological polar surface area (TPSA) is 8.81 Å². The highest BCUT2D eigenvalue weighted by molar-refractivity contribution is 4.84. The fourth-order valence-electron chi connectivity index (χ4n) is 1.94. The third-order valence-electron chi connectivity index (χ3n) is 2.94. The van der Waals surface area contributed by atoms with E-state index in [0.29, 0.717) is 0 Å². The van der Waals surface area contributed by atoms with Crippen molar-refractivity contribution in [3.05, 3.63) is 18.2 Å². The molecule has 3 heteroatoms. The van der Waals surface area contributed by atoms with Crippen molar-refractivity contribution in [1.82, 2.24) is 4.57 Å². The summed E-state index contributed by atoms with van der Waals surface area (Å²) < 4.78 is 4.81. The Labute approximate surface area is 106 Å². The zero-order chi connectivity index (χ0) is 11.1. The minimum atomic E-state index is 0. The molecule has 0 radical (unpaired) electrons. The molecule has 0 aliphatic carbocycles. The van der Waals surface area contributed by atoms with Gasteiger partial charge in [0.2, 0.25) is 0 Å². The van der Waals surface area contributed by atoms with Gasteiger partial charge < -0.3 is 12.4 Å². The van der Waals surface area contributed by atoms with Crippen molar-refractivity contribution < 1.29 is 17.0 Å². The number of halogens is 1. The second kappa shape index (κ2) is 8.63. The summed E-state index contributed by atoms with van der Waals surface area (Å²) in [5.41, 5.74) is 0. The van der Waals surface area contributed by atoms with Crippen LogP contribution in [0.2, 0.25) is 0 Å². The first-order valence-electron chi connectivity index (χ1n) is 6.40. The Balaban J connectivity index is 0.00000225. The van der Waals surface area contributed by atoms with E-state index in [1.807, 2.05) is 0 Å². The second-order valence-corrected chi connectivity index (χ2v) is 4.15. The first kappa shape index (κ1) is 15.5. The maximum Gasteiger partial charge on any atom is 0.256 e. The van der Waals surface area contributed by atoms with Crippen LogP contribution < -0.4 is 17.0 Å². The highest BCUT2D eigenvalue weighted by Crippen LogP contribution is 2.04. The Hall–Kier alpha value is -0.500. The van der Waals surface area contributed by atoms with Gasteiger partial charge in [0.15, 0.2) is 0 Å². The summed E-state index contributed by atoms with van der Waals surface area (Å²) in [5, 5.41) is 0. The lowest BCUT2D eigenvalue weighted by molar-refractivity contribution is -0.700. The molecule has 16 heavy (non-hydrogen) atoms. The molecule has 0 saturated heterocycles. The number of unbranched alkanes of at least 4 members (excludes halogenated alkanes) is 2. The SMILES string of the molecule is CCCCc1n(CCCC)cc[n+]1CC.[Cl-]. The third kappa shape index (κ3) is 4.17. The largest absolute Gasteiger partial charge is 1.00 e. The number of nitrogens with zero attached hydrogens (tertiary/aromatic N) is 2. The summed E-state index contributed by atoms with van der Waals surface area (Å²) >= 11 is 0. The normalized spacial score (nSPS) is 10.2. The number of aromatic nitrogens is 2. The van der Waals surface area contributed by atoms with E-state index in [2.05, 4.69) is 42.3 Å². The number of hydrogen-bond donors (Lipinski definition) is 0. The molecule has 1 heterocycles. The van der Waals surface area contributed by atoms with E-state index >= 15 is 0 Å². The minimum absolute atomic E-state index is 0. The van der Waals surface area contributed by atoms with Gasteiger partial charge in [-0.15, -0.1) is 0 Å². The van der Waals surface area contributed by atoms with Gasteiger partial charge in [-0.25, -0.2) is 9.13 Å². The molecular formula is C13H25ClN2. The molecule has 1 rings (SSSR count). The van der Waals surface area contributed by atoms with Crippen LogP contribution in [0.3, 0.4) is 0 Å². The molecule has 0 spiro atoms. The lowest BCUT2D eigenvalue weighted by atomic mass is 10.2. The molecule has 2 nitrogen and oxygen atoms in total. The lowest BCUT2D eigenvalue weighted by Crippen LogP contribution is -3.00. The van der Waals surface area contributed by atoms with Crippen molar-refractivity contribution in [2.75, 3.05) is 0 Å². The molecule has 0 aromatic carbocycles. The van der Waals surface area contributed by atoms with Crippen LogP contribution in [-0.2, 0) is 19.5 Å². The van der Waals surface area contributed by atoms with E-state index in [1.165, 1.54) is 44.5 Å². The summed E-state index contributed by atoms with van der Waals surface area (Å²) in [5.74, 6) is 1.51. The monoisotopic (exact) mass is 244 g/mol. The van der Waals surface area contributed by atoms with Gasteiger partial charge in [-0.2, -0.15) is 0 Å². The third-order valence-corrected chi connectivity index (χ3v) is 2.94. The second-order valence-electron chi connectivity index (χ2n) is 4.15. The Kier molecular flexibility index (Phi) is 8.36. The van der Waals surface area contributed by atoms with E-state index in [1.54, 1.807) is 0 Å². The number of imidazole rings is 1. The van der Waals surface area contributed by atoms with Crippen LogP contribution in [0.15, 0.2) is 12.4 Å². The molecule has 94 valence electrons. The molecule has 0 atom stereocenters. The highest BCUT2D eigenvalue weighted by atomic mass is 35.5. The summed E-state index contributed by atoms with van der Waals surface area (Å²) in [6.45, 7) is 9.01. The summed E-state index contributed by atoms with van der Waals surface area (Å²) in [6, 6.07) is 0. The Morgan fingerprint density at radius 1 is 1.12 bits per heavy atom. The average Bonchev–Trinajstić information content (AvgIpc) is 2.65. The molecule has 0 aliphatic rings. The van der Waals surface area contributed by atoms with Crippen molar-refractivity contribution in [2.24, 2.45) is 0 Å². The van der Waals surface area contributed by atoms with Crippen molar-refractivity contribution in [3.8, 4) is 0 Å². The molecule has 1 aromatic rings. The summed E-state index contributed by atoms with van der Waals surface area (Å²) in [7, 11) is 0. The van der Waals surface area contributed by atoms with Crippen molar-refractivity contribution in [2.45, 2.75) is 66.0 Å². The van der Waals surface area contributed by atoms with E-state index in [4.69, 9.17) is 0 Å². The maximum atomic E-state index is 2.43. The van der Waals surface area contributed by atoms with Crippen LogP contribution in [0.4, 0.5) is 0 Å². The van der Waals surface area contributed by atoms with Gasteiger partial charge in [0.25, 0.3) is 5.82 Å². The molecule has 1 aromatic heterocycles. The fraction of sp³-hybridized carbons (Fsp3) is 0.769. The first-order valence-corrected chi connectivity index (χ1v) is 6.40. The molecule has 0 unspecified atom stereocenters. The van der Waals surface area contributed by atoms with Gasteiger partial charge in [0, 0.05) is 6.42 Å². The van der Waals surface area contributed by atoms with Gasteiger partial charge >= 0.3 is 0 Å². The standard InChI is InChI=1S/C13H25N2.ClH/c1-4-7-9-13-14(6-3)11-12-15(13)10-8-5-2;/h11-12H,4-10H2,1-3H3;1H/q+1;/p-1. The van der Waals surface area contributed by atoms with E-state index in [0.717, 1.165) is 6.54 Å². The van der Waals surface area contributed by atoms with Crippen molar-refractivity contribution >= 4 is 0 Å². The zero-order valence-corrected chi connectivity index (χ0v) is 11.6. The van der Waals surface area contributed by atoms with Gasteiger partial charge in [-0.3, -0.25) is 0 Å². The quantitative estimate of drug-likeness (QED) is 0.595. The fourth-order valence-corrected chi connectivity index (χ4v) is 1.94. The molecule has 0 N–H and O–H groups in total. The van der Waals surface area contributed by atoms with Gasteiger partial charge in [0.1, 0.15) is 12.4 Å². The molecular weight excluding hydrogens is 220 g/mol. The first-order chi connectivity index (χ1) is 7.33. The van der Waals surface area contributed by atoms with Crippen molar-refractivity contribution in [3.63, 3.8) is 0 Å². The summed E-state index contributed by atoms with van der Waals surface area (Å²) in [4.78, 5) is 0. The average molecular weight is 245 g/mol. The van der Waals surface area contributed by atoms with Crippen LogP contribution in [0.1, 0.15) is 52.3 Å². The minimum Gasteiger partial charge on any atom is -1.00 e. The number of hydrogen-bond acceptors (Lipinski definition) is 0. The number of aryl methyl sites for hydroxylation is 2. The zero-order valence-electron chi connectivity index (χ0n) is 10.9. The summed E-state index contributed by atoms with van der Waals surface area (Å²) in [6.07, 6.45) is 10.8. The Morgan fingerprint density at radius 2 is 1.81 bits per heavy atom. The van der Waals surface area contributed by atoms with Gasteiger partial charge in [-0.1, -0.05) is 26.7 Å². The molecule has 0 saturated carbocycles. The lowest BCUT2D eigenvalue weighted by Gasteiger charge is -2.02. The number of rotatable bonds is 7.